The van der Waals surface area contributed by atoms with Gasteiger partial charge in [-0.3, -0.25) is 0 Å². The van der Waals surface area contributed by atoms with E-state index in [0.29, 0.717) is 16.9 Å². The lowest BCUT2D eigenvalue weighted by molar-refractivity contribution is 0.457. The fraction of sp³-hybridized carbons (Fsp3) is 0.615. The van der Waals surface area contributed by atoms with Gasteiger partial charge in [0.05, 0.1) is 0 Å². The molecule has 4 N–H and O–H groups in total. The van der Waals surface area contributed by atoms with Gasteiger partial charge in [-0.2, -0.15) is 0 Å². The van der Waals surface area contributed by atoms with Crippen LogP contribution in [0.5, 0.6) is 0 Å². The highest BCUT2D eigenvalue weighted by atomic mass is 79.9. The Labute approximate surface area is 134 Å². The Kier molecular flexibility index (Phi) is 4.12. The fourth-order valence-electron chi connectivity index (χ4n) is 2.85. The van der Waals surface area contributed by atoms with Crippen molar-refractivity contribution in [3.05, 3.63) is 16.7 Å². The molecule has 1 aliphatic carbocycles. The van der Waals surface area contributed by atoms with Gasteiger partial charge in [0.1, 0.15) is 4.90 Å². The molecule has 0 atom stereocenters. The predicted molar refractivity (Wildman–Crippen MR) is 86.0 cm³/mol. The molecule has 1 aliphatic rings. The number of halogens is 1. The van der Waals surface area contributed by atoms with Crippen LogP contribution >= 0.6 is 15.9 Å². The normalized spacial score (nSPS) is 20.3. The van der Waals surface area contributed by atoms with Crippen molar-refractivity contribution in [3.8, 4) is 0 Å². The molecule has 118 valence electrons. The van der Waals surface area contributed by atoms with Crippen LogP contribution in [0.4, 0.5) is 5.82 Å². The molecule has 1 fully saturated rings. The number of pyridine rings is 1. The van der Waals surface area contributed by atoms with Crippen LogP contribution in [0.25, 0.3) is 0 Å². The van der Waals surface area contributed by atoms with Crippen LogP contribution in [0.15, 0.2) is 21.6 Å². The van der Waals surface area contributed by atoms with Gasteiger partial charge >= 0.3 is 0 Å². The van der Waals surface area contributed by atoms with Crippen LogP contribution < -0.4 is 16.0 Å². The van der Waals surface area contributed by atoms with Crippen LogP contribution in [0.2, 0.25) is 0 Å². The van der Waals surface area contributed by atoms with E-state index in [4.69, 9.17) is 5.84 Å². The molecule has 0 aliphatic heterocycles. The van der Waals surface area contributed by atoms with E-state index in [2.05, 4.69) is 58.8 Å². The number of hydrazine groups is 1. The van der Waals surface area contributed by atoms with Crippen molar-refractivity contribution >= 4 is 31.8 Å². The average Bonchev–Trinajstić information content (AvgIpc) is 2.77. The SMILES string of the molecule is CC1(C)C(CNS(=O)(=O)c2cc(Br)cnc2NN)C1(C)C. The number of hydrogen-bond acceptors (Lipinski definition) is 5. The van der Waals surface area contributed by atoms with Gasteiger partial charge in [0.2, 0.25) is 10.0 Å². The summed E-state index contributed by atoms with van der Waals surface area (Å²) in [6, 6.07) is 1.48. The van der Waals surface area contributed by atoms with E-state index >= 15 is 0 Å². The van der Waals surface area contributed by atoms with Crippen LogP contribution in [0.3, 0.4) is 0 Å². The van der Waals surface area contributed by atoms with E-state index in [9.17, 15) is 8.42 Å². The number of hydrogen-bond donors (Lipinski definition) is 3. The Balaban J connectivity index is 2.19. The first-order chi connectivity index (χ1) is 9.54. The second kappa shape index (κ2) is 5.19. The van der Waals surface area contributed by atoms with Gasteiger partial charge in [0.25, 0.3) is 0 Å². The highest BCUT2D eigenvalue weighted by molar-refractivity contribution is 9.10. The monoisotopic (exact) mass is 376 g/mol. The average molecular weight is 377 g/mol. The van der Waals surface area contributed by atoms with Crippen molar-refractivity contribution in [3.63, 3.8) is 0 Å². The second-order valence-corrected chi connectivity index (χ2v) is 9.14. The maximum Gasteiger partial charge on any atom is 0.244 e. The standard InChI is InChI=1S/C13H21BrN4O2S/c1-12(2)10(13(12,3)4)7-17-21(19,20)9-5-8(14)6-16-11(9)18-15/h5-6,10,17H,7,15H2,1-4H3,(H,16,18). The number of nitrogens with one attached hydrogen (secondary N) is 2. The van der Waals surface area contributed by atoms with E-state index in [1.165, 1.54) is 12.3 Å². The van der Waals surface area contributed by atoms with Crippen LogP contribution in [-0.2, 0) is 10.0 Å². The van der Waals surface area contributed by atoms with Crippen molar-refractivity contribution in [2.75, 3.05) is 12.0 Å². The summed E-state index contributed by atoms with van der Waals surface area (Å²) in [5.74, 6) is 5.76. The van der Waals surface area contributed by atoms with E-state index in [-0.39, 0.29) is 21.5 Å². The summed E-state index contributed by atoms with van der Waals surface area (Å²) in [5, 5.41) is 0. The van der Waals surface area contributed by atoms with Gasteiger partial charge in [-0.25, -0.2) is 24.0 Å². The molecule has 0 bridgehead atoms. The van der Waals surface area contributed by atoms with Crippen molar-refractivity contribution in [1.29, 1.82) is 0 Å². The van der Waals surface area contributed by atoms with Gasteiger partial charge in [-0.15, -0.1) is 0 Å². The number of sulfonamides is 1. The first kappa shape index (κ1) is 16.7. The molecule has 0 aromatic carbocycles. The van der Waals surface area contributed by atoms with Gasteiger partial charge in [0.15, 0.2) is 5.82 Å². The molecule has 0 unspecified atom stereocenters. The van der Waals surface area contributed by atoms with E-state index in [1.54, 1.807) is 0 Å². The zero-order valence-corrected chi connectivity index (χ0v) is 15.0. The lowest BCUT2D eigenvalue weighted by Gasteiger charge is -2.11. The van der Waals surface area contributed by atoms with Crippen LogP contribution in [0, 0.1) is 16.7 Å². The number of aromatic nitrogens is 1. The molecule has 1 heterocycles. The molecular weight excluding hydrogens is 356 g/mol. The highest BCUT2D eigenvalue weighted by Gasteiger charge is 2.64. The maximum atomic E-state index is 12.5. The largest absolute Gasteiger partial charge is 0.307 e. The number of nitrogens with zero attached hydrogens (tertiary/aromatic N) is 1. The zero-order chi connectivity index (χ0) is 16.1. The summed E-state index contributed by atoms with van der Waals surface area (Å²) in [5.41, 5.74) is 2.56. The first-order valence-corrected chi connectivity index (χ1v) is 8.93. The third kappa shape index (κ3) is 2.81. The Morgan fingerprint density at radius 3 is 2.38 bits per heavy atom. The molecule has 1 aromatic rings. The number of nitrogen functional groups attached to an aromatic ring is 1. The van der Waals surface area contributed by atoms with Gasteiger partial charge in [-0.05, 0) is 38.7 Å². The Hall–Kier alpha value is -0.700. The molecule has 6 nitrogen and oxygen atoms in total. The third-order valence-electron chi connectivity index (χ3n) is 5.04. The molecule has 0 amide bonds. The topological polar surface area (TPSA) is 97.1 Å². The summed E-state index contributed by atoms with van der Waals surface area (Å²) in [4.78, 5) is 4.00. The van der Waals surface area contributed by atoms with Gasteiger partial charge in [0, 0.05) is 17.2 Å². The Morgan fingerprint density at radius 1 is 1.33 bits per heavy atom. The maximum absolute atomic E-state index is 12.5. The summed E-state index contributed by atoms with van der Waals surface area (Å²) in [7, 11) is -3.67. The Bertz CT molecular complexity index is 644. The minimum Gasteiger partial charge on any atom is -0.307 e. The molecule has 8 heteroatoms. The number of anilines is 1. The molecule has 1 aromatic heterocycles. The lowest BCUT2D eigenvalue weighted by atomic mass is 10.0. The summed E-state index contributed by atoms with van der Waals surface area (Å²) in [6.07, 6.45) is 1.49. The molecule has 0 spiro atoms. The van der Waals surface area contributed by atoms with Crippen LogP contribution in [0.1, 0.15) is 27.7 Å². The van der Waals surface area contributed by atoms with Crippen molar-refractivity contribution in [2.45, 2.75) is 32.6 Å². The predicted octanol–water partition coefficient (Wildman–Crippen LogP) is 2.09. The first-order valence-electron chi connectivity index (χ1n) is 6.66. The van der Waals surface area contributed by atoms with E-state index in [0.717, 1.165) is 0 Å². The molecule has 21 heavy (non-hydrogen) atoms. The molecular formula is C13H21BrN4O2S. The van der Waals surface area contributed by atoms with E-state index in [1.807, 2.05) is 0 Å². The minimum absolute atomic E-state index is 0.0376. The smallest absolute Gasteiger partial charge is 0.244 e. The van der Waals surface area contributed by atoms with Crippen molar-refractivity contribution < 1.29 is 8.42 Å². The quantitative estimate of drug-likeness (QED) is 0.539. The number of rotatable bonds is 5. The molecule has 1 saturated carbocycles. The summed E-state index contributed by atoms with van der Waals surface area (Å²) >= 11 is 3.22. The van der Waals surface area contributed by atoms with E-state index < -0.39 is 10.0 Å². The molecule has 0 radical (unpaired) electrons. The summed E-state index contributed by atoms with van der Waals surface area (Å²) in [6.45, 7) is 9.01. The van der Waals surface area contributed by atoms with Gasteiger partial charge < -0.3 is 5.43 Å². The fourth-order valence-corrected chi connectivity index (χ4v) is 4.52. The van der Waals surface area contributed by atoms with Gasteiger partial charge in [-0.1, -0.05) is 27.7 Å². The minimum atomic E-state index is -3.67. The second-order valence-electron chi connectivity index (χ2n) is 6.49. The van der Waals surface area contributed by atoms with Crippen molar-refractivity contribution in [2.24, 2.45) is 22.6 Å². The lowest BCUT2D eigenvalue weighted by Crippen LogP contribution is -2.29. The molecule has 0 saturated heterocycles. The zero-order valence-electron chi connectivity index (χ0n) is 12.6. The van der Waals surface area contributed by atoms with Crippen molar-refractivity contribution in [1.82, 2.24) is 9.71 Å². The Morgan fingerprint density at radius 2 is 1.90 bits per heavy atom. The molecule has 2 rings (SSSR count). The number of nitrogens with two attached hydrogens (primary N) is 1. The highest BCUT2D eigenvalue weighted by Crippen LogP contribution is 2.67. The summed E-state index contributed by atoms with van der Waals surface area (Å²) < 4.78 is 28.1. The van der Waals surface area contributed by atoms with Crippen LogP contribution in [-0.4, -0.2) is 19.9 Å². The third-order valence-corrected chi connectivity index (χ3v) is 6.91.